The monoisotopic (exact) mass is 412 g/mol. The van der Waals surface area contributed by atoms with Crippen molar-refractivity contribution in [3.8, 4) is 11.3 Å². The number of nitrogens with zero attached hydrogens (tertiary/aromatic N) is 2. The lowest BCUT2D eigenvalue weighted by Gasteiger charge is -2.20. The summed E-state index contributed by atoms with van der Waals surface area (Å²) in [5, 5.41) is 3.79. The molecule has 4 nitrogen and oxygen atoms in total. The number of aromatic nitrogens is 1. The third-order valence-corrected chi connectivity index (χ3v) is 5.79. The minimum Gasteiger partial charge on any atom is -0.378 e. The van der Waals surface area contributed by atoms with Gasteiger partial charge >= 0.3 is 0 Å². The molecule has 2 aromatic rings. The van der Waals surface area contributed by atoms with Crippen molar-refractivity contribution in [2.45, 2.75) is 45.1 Å². The molecule has 140 valence electrons. The molecule has 1 saturated heterocycles. The maximum absolute atomic E-state index is 12.7. The van der Waals surface area contributed by atoms with Crippen LogP contribution in [0.1, 0.15) is 39.0 Å². The third-order valence-electron chi connectivity index (χ3n) is 4.38. The Morgan fingerprint density at radius 3 is 2.96 bits per heavy atom. The van der Waals surface area contributed by atoms with E-state index in [1.807, 2.05) is 11.4 Å². The van der Waals surface area contributed by atoms with Gasteiger partial charge in [0.1, 0.15) is 0 Å². The first-order valence-corrected chi connectivity index (χ1v) is 10.5. The number of anilines is 1. The minimum absolute atomic E-state index is 0.102. The fourth-order valence-electron chi connectivity index (χ4n) is 3.05. The van der Waals surface area contributed by atoms with Gasteiger partial charge in [-0.25, -0.2) is 4.98 Å². The summed E-state index contributed by atoms with van der Waals surface area (Å²) < 4.78 is 5.62. The van der Waals surface area contributed by atoms with Gasteiger partial charge < -0.3 is 4.74 Å². The molecule has 0 N–H and O–H groups in total. The molecule has 2 heterocycles. The largest absolute Gasteiger partial charge is 0.378 e. The molecule has 0 bridgehead atoms. The van der Waals surface area contributed by atoms with E-state index >= 15 is 0 Å². The van der Waals surface area contributed by atoms with E-state index in [0.29, 0.717) is 28.1 Å². The summed E-state index contributed by atoms with van der Waals surface area (Å²) in [5.41, 5.74) is 1.58. The Bertz CT molecular complexity index is 760. The molecular formula is C19H22Cl2N2O2S. The van der Waals surface area contributed by atoms with Crippen LogP contribution in [-0.4, -0.2) is 30.1 Å². The summed E-state index contributed by atoms with van der Waals surface area (Å²) in [6.07, 6.45) is 4.51. The maximum atomic E-state index is 12.7. The van der Waals surface area contributed by atoms with Gasteiger partial charge in [0.2, 0.25) is 5.91 Å². The highest BCUT2D eigenvalue weighted by atomic mass is 35.5. The predicted molar refractivity (Wildman–Crippen MR) is 108 cm³/mol. The summed E-state index contributed by atoms with van der Waals surface area (Å²) in [5.74, 6) is 0.102. The standard InChI is InChI=1S/C19H22Cl2N2O2S/c1-2-9-23(18(24)8-6-14-4-3-10-25-14)19-22-17(12-26-19)15-7-5-13(20)11-16(15)21/h5,7,11-12,14H,2-4,6,8-10H2,1H3. The lowest BCUT2D eigenvalue weighted by Crippen LogP contribution is -2.32. The van der Waals surface area contributed by atoms with Crippen molar-refractivity contribution < 1.29 is 9.53 Å². The second-order valence-electron chi connectivity index (χ2n) is 6.36. The lowest BCUT2D eigenvalue weighted by atomic mass is 10.1. The first-order chi connectivity index (χ1) is 12.6. The highest BCUT2D eigenvalue weighted by Crippen LogP contribution is 2.34. The quantitative estimate of drug-likeness (QED) is 0.575. The zero-order valence-corrected chi connectivity index (χ0v) is 17.0. The van der Waals surface area contributed by atoms with Crippen molar-refractivity contribution in [1.82, 2.24) is 4.98 Å². The van der Waals surface area contributed by atoms with Gasteiger partial charge in [0.05, 0.1) is 16.8 Å². The molecule has 1 aliphatic heterocycles. The van der Waals surface area contributed by atoms with E-state index in [9.17, 15) is 4.79 Å². The Labute approximate surface area is 168 Å². The van der Waals surface area contributed by atoms with Crippen LogP contribution in [0, 0.1) is 0 Å². The van der Waals surface area contributed by atoms with Crippen LogP contribution in [-0.2, 0) is 9.53 Å². The first kappa shape index (κ1) is 19.6. The van der Waals surface area contributed by atoms with Crippen LogP contribution in [0.5, 0.6) is 0 Å². The number of hydrogen-bond acceptors (Lipinski definition) is 4. The van der Waals surface area contributed by atoms with Gasteiger partial charge in [0, 0.05) is 35.5 Å². The van der Waals surface area contributed by atoms with E-state index in [-0.39, 0.29) is 12.0 Å². The van der Waals surface area contributed by atoms with Crippen LogP contribution in [0.4, 0.5) is 5.13 Å². The molecular weight excluding hydrogens is 391 g/mol. The summed E-state index contributed by atoms with van der Waals surface area (Å²) in [7, 11) is 0. The van der Waals surface area contributed by atoms with Crippen LogP contribution in [0.3, 0.4) is 0 Å². The molecule has 1 atom stereocenters. The molecule has 0 radical (unpaired) electrons. The van der Waals surface area contributed by atoms with Crippen LogP contribution in [0.25, 0.3) is 11.3 Å². The van der Waals surface area contributed by atoms with Crippen molar-refractivity contribution in [3.05, 3.63) is 33.6 Å². The predicted octanol–water partition coefficient (Wildman–Crippen LogP) is 5.82. The molecule has 1 aliphatic rings. The zero-order chi connectivity index (χ0) is 18.5. The normalized spacial score (nSPS) is 16.8. The van der Waals surface area contributed by atoms with Crippen LogP contribution in [0.15, 0.2) is 23.6 Å². The second-order valence-corrected chi connectivity index (χ2v) is 8.04. The highest BCUT2D eigenvalue weighted by molar-refractivity contribution is 7.14. The molecule has 0 saturated carbocycles. The number of benzene rings is 1. The van der Waals surface area contributed by atoms with Crippen molar-refractivity contribution >= 4 is 45.6 Å². The average Bonchev–Trinajstić information content (AvgIpc) is 3.29. The molecule has 1 fully saturated rings. The Morgan fingerprint density at radius 1 is 1.42 bits per heavy atom. The van der Waals surface area contributed by atoms with Crippen LogP contribution >= 0.6 is 34.5 Å². The molecule has 1 amide bonds. The average molecular weight is 413 g/mol. The van der Waals surface area contributed by atoms with Crippen LogP contribution in [0.2, 0.25) is 10.0 Å². The number of amides is 1. The van der Waals surface area contributed by atoms with Crippen molar-refractivity contribution in [1.29, 1.82) is 0 Å². The number of carbonyl (C=O) groups excluding carboxylic acids is 1. The van der Waals surface area contributed by atoms with E-state index < -0.39 is 0 Å². The molecule has 0 spiro atoms. The van der Waals surface area contributed by atoms with Crippen molar-refractivity contribution in [2.24, 2.45) is 0 Å². The minimum atomic E-state index is 0.102. The van der Waals surface area contributed by atoms with Gasteiger partial charge in [0.25, 0.3) is 0 Å². The Hall–Kier alpha value is -1.14. The van der Waals surface area contributed by atoms with E-state index in [4.69, 9.17) is 27.9 Å². The van der Waals surface area contributed by atoms with Crippen LogP contribution < -0.4 is 4.90 Å². The fourth-order valence-corrected chi connectivity index (χ4v) is 4.42. The number of thiazole rings is 1. The van der Waals surface area contributed by atoms with E-state index in [1.165, 1.54) is 11.3 Å². The lowest BCUT2D eigenvalue weighted by molar-refractivity contribution is -0.119. The zero-order valence-electron chi connectivity index (χ0n) is 14.7. The van der Waals surface area contributed by atoms with Gasteiger partial charge in [-0.3, -0.25) is 9.69 Å². The Balaban J connectivity index is 1.73. The maximum Gasteiger partial charge on any atom is 0.228 e. The number of ether oxygens (including phenoxy) is 1. The molecule has 1 unspecified atom stereocenters. The summed E-state index contributed by atoms with van der Waals surface area (Å²) in [6.45, 7) is 3.53. The number of rotatable bonds is 7. The van der Waals surface area contributed by atoms with Gasteiger partial charge in [-0.1, -0.05) is 30.1 Å². The Morgan fingerprint density at radius 2 is 2.27 bits per heavy atom. The van der Waals surface area contributed by atoms with Crippen molar-refractivity contribution in [3.63, 3.8) is 0 Å². The fraction of sp³-hybridized carbons (Fsp3) is 0.474. The van der Waals surface area contributed by atoms with Gasteiger partial charge in [-0.2, -0.15) is 0 Å². The first-order valence-electron chi connectivity index (χ1n) is 8.91. The van der Waals surface area contributed by atoms with E-state index in [0.717, 1.165) is 43.5 Å². The summed E-state index contributed by atoms with van der Waals surface area (Å²) in [4.78, 5) is 19.2. The molecule has 26 heavy (non-hydrogen) atoms. The summed E-state index contributed by atoms with van der Waals surface area (Å²) in [6, 6.07) is 5.35. The van der Waals surface area contributed by atoms with E-state index in [2.05, 4.69) is 11.9 Å². The summed E-state index contributed by atoms with van der Waals surface area (Å²) >= 11 is 13.7. The topological polar surface area (TPSA) is 42.4 Å². The molecule has 3 rings (SSSR count). The SMILES string of the molecule is CCCN(C(=O)CCC1CCCO1)c1nc(-c2ccc(Cl)cc2Cl)cs1. The number of hydrogen-bond donors (Lipinski definition) is 0. The van der Waals surface area contributed by atoms with Crippen molar-refractivity contribution in [2.75, 3.05) is 18.1 Å². The molecule has 7 heteroatoms. The van der Waals surface area contributed by atoms with Gasteiger partial charge in [-0.15, -0.1) is 11.3 Å². The number of halogens is 2. The van der Waals surface area contributed by atoms with Gasteiger partial charge in [0.15, 0.2) is 5.13 Å². The molecule has 1 aromatic heterocycles. The second kappa shape index (κ2) is 9.18. The smallest absolute Gasteiger partial charge is 0.228 e. The van der Waals surface area contributed by atoms with Gasteiger partial charge in [-0.05, 0) is 43.9 Å². The third kappa shape index (κ3) is 4.77. The molecule has 1 aromatic carbocycles. The molecule has 0 aliphatic carbocycles. The van der Waals surface area contributed by atoms with E-state index in [1.54, 1.807) is 17.0 Å². The highest BCUT2D eigenvalue weighted by Gasteiger charge is 2.22. The Kier molecular flexibility index (Phi) is 6.92. The number of carbonyl (C=O) groups is 1.